The summed E-state index contributed by atoms with van der Waals surface area (Å²) < 4.78 is 30.9. The molecule has 1 N–H and O–H groups in total. The number of carbonyl (C=O) groups excluding carboxylic acids is 1. The van der Waals surface area contributed by atoms with Crippen LogP contribution >= 0.6 is 0 Å². The monoisotopic (exact) mass is 428 g/mol. The zero-order valence-corrected chi connectivity index (χ0v) is 18.3. The maximum Gasteiger partial charge on any atom is 0.260 e. The molecule has 0 spiro atoms. The van der Waals surface area contributed by atoms with E-state index in [-0.39, 0.29) is 16.7 Å². The fourth-order valence-electron chi connectivity index (χ4n) is 2.77. The van der Waals surface area contributed by atoms with Crippen LogP contribution in [0, 0.1) is 6.92 Å². The van der Waals surface area contributed by atoms with Gasteiger partial charge in [-0.2, -0.15) is 4.98 Å². The molecule has 0 radical (unpaired) electrons. The number of carbonyl (C=O) groups is 1. The smallest absolute Gasteiger partial charge is 0.260 e. The molecule has 0 aliphatic rings. The molecule has 30 heavy (non-hydrogen) atoms. The first-order chi connectivity index (χ1) is 14.1. The van der Waals surface area contributed by atoms with Crippen molar-refractivity contribution in [1.29, 1.82) is 0 Å². The number of aromatic nitrogens is 2. The second-order valence-corrected chi connectivity index (χ2v) is 9.53. The standard InChI is InChI=1S/C21H24N4O4S/c1-13(2)19-23-21(29-24-19)17-8-6-7-14(3)18(17)22-20(26)15-9-11-16(12-10-15)30(27,28)25(4)5/h6-13H,1-5H3,(H,22,26). The third-order valence-electron chi connectivity index (χ3n) is 4.59. The summed E-state index contributed by atoms with van der Waals surface area (Å²) in [5, 5.41) is 6.87. The molecule has 0 atom stereocenters. The van der Waals surface area contributed by atoms with E-state index in [4.69, 9.17) is 4.52 Å². The molecule has 0 aliphatic heterocycles. The number of nitrogens with one attached hydrogen (secondary N) is 1. The highest BCUT2D eigenvalue weighted by Gasteiger charge is 2.20. The molecule has 1 heterocycles. The van der Waals surface area contributed by atoms with Crippen molar-refractivity contribution in [3.05, 3.63) is 59.4 Å². The number of hydrogen-bond donors (Lipinski definition) is 1. The van der Waals surface area contributed by atoms with Crippen molar-refractivity contribution in [2.75, 3.05) is 19.4 Å². The van der Waals surface area contributed by atoms with Crippen LogP contribution in [0.4, 0.5) is 5.69 Å². The average Bonchev–Trinajstić information content (AvgIpc) is 3.20. The second-order valence-electron chi connectivity index (χ2n) is 7.38. The Bertz CT molecular complexity index is 1170. The van der Waals surface area contributed by atoms with Crippen LogP contribution in [0.2, 0.25) is 0 Å². The van der Waals surface area contributed by atoms with E-state index in [1.807, 2.05) is 32.9 Å². The second kappa shape index (κ2) is 8.37. The Morgan fingerprint density at radius 1 is 1.10 bits per heavy atom. The third-order valence-corrected chi connectivity index (χ3v) is 6.42. The van der Waals surface area contributed by atoms with E-state index in [0.29, 0.717) is 28.5 Å². The minimum absolute atomic E-state index is 0.113. The van der Waals surface area contributed by atoms with Crippen molar-refractivity contribution in [2.24, 2.45) is 0 Å². The van der Waals surface area contributed by atoms with Gasteiger partial charge in [0, 0.05) is 25.6 Å². The Kier molecular flexibility index (Phi) is 6.04. The zero-order chi connectivity index (χ0) is 22.1. The Balaban J connectivity index is 1.90. The van der Waals surface area contributed by atoms with Crippen LogP contribution in [-0.4, -0.2) is 42.9 Å². The maximum atomic E-state index is 12.8. The zero-order valence-electron chi connectivity index (χ0n) is 17.5. The molecule has 8 nitrogen and oxygen atoms in total. The SMILES string of the molecule is Cc1cccc(-c2nc(C(C)C)no2)c1NC(=O)c1ccc(S(=O)(=O)N(C)C)cc1. The lowest BCUT2D eigenvalue weighted by atomic mass is 10.1. The van der Waals surface area contributed by atoms with Gasteiger partial charge in [0.05, 0.1) is 16.1 Å². The Morgan fingerprint density at radius 3 is 2.33 bits per heavy atom. The normalized spacial score (nSPS) is 11.8. The predicted molar refractivity (Wildman–Crippen MR) is 114 cm³/mol. The molecule has 1 amide bonds. The lowest BCUT2D eigenvalue weighted by Gasteiger charge is -2.13. The minimum Gasteiger partial charge on any atom is -0.334 e. The summed E-state index contributed by atoms with van der Waals surface area (Å²) in [6.07, 6.45) is 0. The molecule has 1 aromatic heterocycles. The largest absolute Gasteiger partial charge is 0.334 e. The summed E-state index contributed by atoms with van der Waals surface area (Å²) in [5.74, 6) is 0.650. The fourth-order valence-corrected chi connectivity index (χ4v) is 3.67. The number of sulfonamides is 1. The molecule has 0 aliphatic carbocycles. The summed E-state index contributed by atoms with van der Waals surface area (Å²) >= 11 is 0. The first-order valence-corrected chi connectivity index (χ1v) is 10.8. The third kappa shape index (κ3) is 4.27. The molecule has 0 unspecified atom stereocenters. The van der Waals surface area contributed by atoms with Crippen molar-refractivity contribution < 1.29 is 17.7 Å². The molecule has 0 bridgehead atoms. The lowest BCUT2D eigenvalue weighted by molar-refractivity contribution is 0.102. The first kappa shape index (κ1) is 21.7. The number of aryl methyl sites for hydroxylation is 1. The lowest BCUT2D eigenvalue weighted by Crippen LogP contribution is -2.22. The molecule has 3 aromatic rings. The van der Waals surface area contributed by atoms with Gasteiger partial charge in [-0.1, -0.05) is 31.1 Å². The number of amides is 1. The van der Waals surface area contributed by atoms with E-state index in [1.54, 1.807) is 6.07 Å². The topological polar surface area (TPSA) is 105 Å². The highest BCUT2D eigenvalue weighted by Crippen LogP contribution is 2.31. The van der Waals surface area contributed by atoms with Gasteiger partial charge in [0.1, 0.15) is 0 Å². The van der Waals surface area contributed by atoms with Crippen LogP contribution in [0.25, 0.3) is 11.5 Å². The highest BCUT2D eigenvalue weighted by atomic mass is 32.2. The van der Waals surface area contributed by atoms with Crippen molar-refractivity contribution in [3.63, 3.8) is 0 Å². The van der Waals surface area contributed by atoms with Crippen LogP contribution in [-0.2, 0) is 10.0 Å². The summed E-state index contributed by atoms with van der Waals surface area (Å²) in [4.78, 5) is 17.4. The number of benzene rings is 2. The van der Waals surface area contributed by atoms with E-state index >= 15 is 0 Å². The highest BCUT2D eigenvalue weighted by molar-refractivity contribution is 7.89. The molecule has 0 saturated heterocycles. The van der Waals surface area contributed by atoms with E-state index in [1.165, 1.54) is 38.4 Å². The van der Waals surface area contributed by atoms with Crippen molar-refractivity contribution in [2.45, 2.75) is 31.6 Å². The summed E-state index contributed by atoms with van der Waals surface area (Å²) in [7, 11) is -0.646. The molecule has 9 heteroatoms. The maximum absolute atomic E-state index is 12.8. The number of rotatable bonds is 6. The summed E-state index contributed by atoms with van der Waals surface area (Å²) in [6.45, 7) is 5.80. The van der Waals surface area contributed by atoms with Gasteiger partial charge in [-0.3, -0.25) is 4.79 Å². The first-order valence-electron chi connectivity index (χ1n) is 9.38. The summed E-state index contributed by atoms with van der Waals surface area (Å²) in [5.41, 5.74) is 2.34. The molecular formula is C21H24N4O4S. The van der Waals surface area contributed by atoms with Gasteiger partial charge >= 0.3 is 0 Å². The number of para-hydroxylation sites is 1. The predicted octanol–water partition coefficient (Wildman–Crippen LogP) is 3.67. The molecule has 2 aromatic carbocycles. The van der Waals surface area contributed by atoms with Gasteiger partial charge in [-0.15, -0.1) is 0 Å². The molecule has 158 valence electrons. The number of anilines is 1. The molecule has 0 fully saturated rings. The minimum atomic E-state index is -3.56. The Labute approximate surface area is 176 Å². The van der Waals surface area contributed by atoms with Gasteiger partial charge in [-0.05, 0) is 42.8 Å². The molecule has 3 rings (SSSR count). The van der Waals surface area contributed by atoms with Gasteiger partial charge < -0.3 is 9.84 Å². The van der Waals surface area contributed by atoms with E-state index in [2.05, 4.69) is 15.5 Å². The van der Waals surface area contributed by atoms with Crippen molar-refractivity contribution >= 4 is 21.6 Å². The van der Waals surface area contributed by atoms with Crippen molar-refractivity contribution in [3.8, 4) is 11.5 Å². The van der Waals surface area contributed by atoms with E-state index < -0.39 is 10.0 Å². The summed E-state index contributed by atoms with van der Waals surface area (Å²) in [6, 6.07) is 11.3. The number of hydrogen-bond acceptors (Lipinski definition) is 6. The van der Waals surface area contributed by atoms with Crippen molar-refractivity contribution in [1.82, 2.24) is 14.4 Å². The van der Waals surface area contributed by atoms with Crippen LogP contribution in [0.1, 0.15) is 41.5 Å². The van der Waals surface area contributed by atoms with Crippen LogP contribution in [0.15, 0.2) is 51.9 Å². The van der Waals surface area contributed by atoms with Crippen LogP contribution in [0.5, 0.6) is 0 Å². The fraction of sp³-hybridized carbons (Fsp3) is 0.286. The average molecular weight is 429 g/mol. The van der Waals surface area contributed by atoms with Gasteiger partial charge in [0.25, 0.3) is 11.8 Å². The Morgan fingerprint density at radius 2 is 1.77 bits per heavy atom. The van der Waals surface area contributed by atoms with Gasteiger partial charge in [0.2, 0.25) is 10.0 Å². The van der Waals surface area contributed by atoms with E-state index in [0.717, 1.165) is 9.87 Å². The van der Waals surface area contributed by atoms with E-state index in [9.17, 15) is 13.2 Å². The van der Waals surface area contributed by atoms with Crippen LogP contribution in [0.3, 0.4) is 0 Å². The Hall–Kier alpha value is -3.04. The number of nitrogens with zero attached hydrogens (tertiary/aromatic N) is 3. The van der Waals surface area contributed by atoms with Crippen LogP contribution < -0.4 is 5.32 Å². The molecule has 0 saturated carbocycles. The molecular weight excluding hydrogens is 404 g/mol. The van der Waals surface area contributed by atoms with Gasteiger partial charge in [-0.25, -0.2) is 12.7 Å². The van der Waals surface area contributed by atoms with Gasteiger partial charge in [0.15, 0.2) is 5.82 Å². The quantitative estimate of drug-likeness (QED) is 0.642.